The number of methoxy groups -OCH3 is 2. The molecule has 0 heterocycles. The van der Waals surface area contributed by atoms with E-state index >= 15 is 0 Å². The largest absolute Gasteiger partial charge is 0.492 e. The molecule has 0 bridgehead atoms. The highest BCUT2D eigenvalue weighted by Crippen LogP contribution is 2.32. The van der Waals surface area contributed by atoms with E-state index in [1.54, 1.807) is 14.2 Å². The highest BCUT2D eigenvalue weighted by Gasteiger charge is 2.07. The van der Waals surface area contributed by atoms with E-state index < -0.39 is 0 Å². The van der Waals surface area contributed by atoms with E-state index in [4.69, 9.17) is 18.9 Å². The Morgan fingerprint density at radius 2 is 1.04 bits per heavy atom. The number of hydrogen-bond donors (Lipinski definition) is 0. The number of thioether (sulfide) groups is 2. The molecule has 0 amide bonds. The van der Waals surface area contributed by atoms with E-state index in [0.717, 1.165) is 58.5 Å². The Hall–Kier alpha value is -1.08. The maximum atomic E-state index is 5.99. The van der Waals surface area contributed by atoms with Gasteiger partial charge in [-0.25, -0.2) is 0 Å². The molecular formula is C20H28O4S2. The van der Waals surface area contributed by atoms with Gasteiger partial charge in [-0.15, -0.1) is 0 Å². The molecule has 6 heteroatoms. The molecule has 2 aromatic carbocycles. The fourth-order valence-electron chi connectivity index (χ4n) is 2.41. The van der Waals surface area contributed by atoms with E-state index in [9.17, 15) is 0 Å². The Balaban J connectivity index is 1.88. The molecule has 0 aromatic heterocycles. The van der Waals surface area contributed by atoms with Crippen LogP contribution in [0, 0.1) is 0 Å². The zero-order valence-electron chi connectivity index (χ0n) is 15.6. The van der Waals surface area contributed by atoms with Crippen molar-refractivity contribution in [2.45, 2.75) is 0 Å². The molecule has 2 rings (SSSR count). The van der Waals surface area contributed by atoms with Crippen LogP contribution in [0.15, 0.2) is 36.4 Å². The van der Waals surface area contributed by atoms with E-state index in [1.165, 1.54) is 0 Å². The summed E-state index contributed by atoms with van der Waals surface area (Å²) >= 11 is 3.68. The van der Waals surface area contributed by atoms with Crippen LogP contribution >= 0.6 is 23.5 Å². The zero-order chi connectivity index (χ0) is 18.5. The van der Waals surface area contributed by atoms with Crippen LogP contribution < -0.4 is 9.47 Å². The highest BCUT2D eigenvalue weighted by molar-refractivity contribution is 7.99. The van der Waals surface area contributed by atoms with Gasteiger partial charge in [0.15, 0.2) is 0 Å². The maximum absolute atomic E-state index is 5.99. The predicted octanol–water partition coefficient (Wildman–Crippen LogP) is 4.36. The first-order chi connectivity index (χ1) is 12.9. The van der Waals surface area contributed by atoms with Gasteiger partial charge < -0.3 is 18.9 Å². The molecule has 0 unspecified atom stereocenters. The van der Waals surface area contributed by atoms with Crippen LogP contribution in [-0.2, 0) is 9.47 Å². The molecule has 0 radical (unpaired) electrons. The number of rotatable bonds is 14. The fourth-order valence-corrected chi connectivity index (χ4v) is 3.79. The SMILES string of the molecule is COCCSCCOc1cccc2c(OCCSCCOC)cccc12. The first-order valence-corrected chi connectivity index (χ1v) is 11.1. The Morgan fingerprint density at radius 1 is 0.615 bits per heavy atom. The van der Waals surface area contributed by atoms with Crippen LogP contribution in [-0.4, -0.2) is 63.7 Å². The average molecular weight is 397 g/mol. The molecule has 0 aliphatic heterocycles. The van der Waals surface area contributed by atoms with Crippen LogP contribution in [0.3, 0.4) is 0 Å². The molecule has 0 atom stereocenters. The summed E-state index contributed by atoms with van der Waals surface area (Å²) in [4.78, 5) is 0. The minimum Gasteiger partial charge on any atom is -0.492 e. The monoisotopic (exact) mass is 396 g/mol. The van der Waals surface area contributed by atoms with Crippen LogP contribution in [0.25, 0.3) is 10.8 Å². The van der Waals surface area contributed by atoms with Crippen molar-refractivity contribution in [1.82, 2.24) is 0 Å². The van der Waals surface area contributed by atoms with Crippen molar-refractivity contribution in [1.29, 1.82) is 0 Å². The second kappa shape index (κ2) is 13.1. The summed E-state index contributed by atoms with van der Waals surface area (Å²) in [7, 11) is 3.45. The quantitative estimate of drug-likeness (QED) is 0.442. The van der Waals surface area contributed by atoms with Gasteiger partial charge in [-0.3, -0.25) is 0 Å². The molecule has 0 fully saturated rings. The lowest BCUT2D eigenvalue weighted by Crippen LogP contribution is -2.04. The van der Waals surface area contributed by atoms with Crippen molar-refractivity contribution in [3.05, 3.63) is 36.4 Å². The van der Waals surface area contributed by atoms with Crippen LogP contribution in [0.4, 0.5) is 0 Å². The summed E-state index contributed by atoms with van der Waals surface area (Å²) in [5, 5.41) is 2.19. The number of hydrogen-bond acceptors (Lipinski definition) is 6. The van der Waals surface area contributed by atoms with Crippen molar-refractivity contribution < 1.29 is 18.9 Å². The molecule has 0 aliphatic carbocycles. The molecule has 2 aromatic rings. The van der Waals surface area contributed by atoms with Crippen LogP contribution in [0.1, 0.15) is 0 Å². The molecule has 0 aliphatic rings. The van der Waals surface area contributed by atoms with E-state index in [-0.39, 0.29) is 0 Å². The molecule has 26 heavy (non-hydrogen) atoms. The number of ether oxygens (including phenoxy) is 4. The van der Waals surface area contributed by atoms with E-state index in [2.05, 4.69) is 12.1 Å². The van der Waals surface area contributed by atoms with Crippen molar-refractivity contribution in [2.75, 3.05) is 63.7 Å². The molecule has 144 valence electrons. The van der Waals surface area contributed by atoms with Crippen LogP contribution in [0.2, 0.25) is 0 Å². The predicted molar refractivity (Wildman–Crippen MR) is 113 cm³/mol. The topological polar surface area (TPSA) is 36.9 Å². The first kappa shape index (κ1) is 21.2. The first-order valence-electron chi connectivity index (χ1n) is 8.77. The molecule has 0 saturated heterocycles. The van der Waals surface area contributed by atoms with Crippen molar-refractivity contribution in [3.8, 4) is 11.5 Å². The molecule has 0 spiro atoms. The summed E-state index contributed by atoms with van der Waals surface area (Å²) in [6, 6.07) is 12.3. The lowest BCUT2D eigenvalue weighted by Gasteiger charge is -2.13. The van der Waals surface area contributed by atoms with Gasteiger partial charge in [-0.05, 0) is 12.1 Å². The molecule has 0 N–H and O–H groups in total. The summed E-state index contributed by atoms with van der Waals surface area (Å²) < 4.78 is 22.1. The Labute approximate surface area is 164 Å². The minimum absolute atomic E-state index is 0.689. The average Bonchev–Trinajstić information content (AvgIpc) is 2.67. The van der Waals surface area contributed by atoms with Gasteiger partial charge in [0.1, 0.15) is 11.5 Å². The minimum atomic E-state index is 0.689. The third-order valence-corrected chi connectivity index (χ3v) is 5.50. The second-order valence-corrected chi connectivity index (χ2v) is 7.96. The zero-order valence-corrected chi connectivity index (χ0v) is 17.2. The summed E-state index contributed by atoms with van der Waals surface area (Å²) in [6.45, 7) is 2.94. The Morgan fingerprint density at radius 3 is 1.46 bits per heavy atom. The normalized spacial score (nSPS) is 11.0. The van der Waals surface area contributed by atoms with Crippen molar-refractivity contribution in [3.63, 3.8) is 0 Å². The lowest BCUT2D eigenvalue weighted by molar-refractivity contribution is 0.218. The third kappa shape index (κ3) is 7.27. The summed E-state index contributed by atoms with van der Waals surface area (Å²) in [6.07, 6.45) is 0. The second-order valence-electron chi connectivity index (χ2n) is 5.51. The highest BCUT2D eigenvalue weighted by atomic mass is 32.2. The fraction of sp³-hybridized carbons (Fsp3) is 0.500. The van der Waals surface area contributed by atoms with E-state index in [0.29, 0.717) is 13.2 Å². The molecule has 4 nitrogen and oxygen atoms in total. The van der Waals surface area contributed by atoms with E-state index in [1.807, 2.05) is 47.8 Å². The van der Waals surface area contributed by atoms with Gasteiger partial charge in [-0.1, -0.05) is 24.3 Å². The molecular weight excluding hydrogens is 368 g/mol. The number of fused-ring (bicyclic) bond motifs is 1. The Kier molecular flexibility index (Phi) is 10.7. The Bertz CT molecular complexity index is 581. The molecule has 0 saturated carbocycles. The van der Waals surface area contributed by atoms with Crippen molar-refractivity contribution >= 4 is 34.3 Å². The van der Waals surface area contributed by atoms with Gasteiger partial charge in [0.25, 0.3) is 0 Å². The standard InChI is InChI=1S/C20H28O4S2/c1-21-9-13-25-15-11-23-19-7-3-6-18-17(19)5-4-8-20(18)24-12-16-26-14-10-22-2/h3-8H,9-16H2,1-2H3. The smallest absolute Gasteiger partial charge is 0.127 e. The van der Waals surface area contributed by atoms with Crippen LogP contribution in [0.5, 0.6) is 11.5 Å². The van der Waals surface area contributed by atoms with Crippen molar-refractivity contribution in [2.24, 2.45) is 0 Å². The lowest BCUT2D eigenvalue weighted by atomic mass is 10.1. The summed E-state index contributed by atoms with van der Waals surface area (Å²) in [5.41, 5.74) is 0. The maximum Gasteiger partial charge on any atom is 0.127 e. The summed E-state index contributed by atoms with van der Waals surface area (Å²) in [5.74, 6) is 5.72. The van der Waals surface area contributed by atoms with Gasteiger partial charge in [-0.2, -0.15) is 23.5 Å². The van der Waals surface area contributed by atoms with Gasteiger partial charge in [0, 0.05) is 48.0 Å². The third-order valence-electron chi connectivity index (χ3n) is 3.68. The van der Waals surface area contributed by atoms with Gasteiger partial charge in [0.2, 0.25) is 0 Å². The van der Waals surface area contributed by atoms with Gasteiger partial charge >= 0.3 is 0 Å². The van der Waals surface area contributed by atoms with Gasteiger partial charge in [0.05, 0.1) is 26.4 Å². The number of benzene rings is 2.